The Morgan fingerprint density at radius 1 is 1.29 bits per heavy atom. The molecule has 0 bridgehead atoms. The predicted octanol–water partition coefficient (Wildman–Crippen LogP) is 3.09. The molecule has 1 aliphatic carbocycles. The molecule has 3 rings (SSSR count). The number of likely N-dealkylation sites (N-methyl/N-ethyl adjacent to an activating group) is 1. The molecule has 0 amide bonds. The van der Waals surface area contributed by atoms with Crippen LogP contribution in [0.4, 0.5) is 0 Å². The van der Waals surface area contributed by atoms with E-state index in [-0.39, 0.29) is 6.04 Å². The normalized spacial score (nSPS) is 20.0. The van der Waals surface area contributed by atoms with Gasteiger partial charge in [-0.05, 0) is 53.5 Å². The van der Waals surface area contributed by atoms with E-state index in [1.807, 2.05) is 0 Å². The molecule has 1 aromatic carbocycles. The van der Waals surface area contributed by atoms with Crippen LogP contribution in [-0.2, 0) is 0 Å². The predicted molar refractivity (Wildman–Crippen MR) is 86.9 cm³/mol. The second-order valence-electron chi connectivity index (χ2n) is 5.88. The number of hydrogen-bond acceptors (Lipinski definition) is 4. The topological polar surface area (TPSA) is 47.7 Å². The van der Waals surface area contributed by atoms with Gasteiger partial charge in [0.15, 0.2) is 11.5 Å². The van der Waals surface area contributed by atoms with E-state index < -0.39 is 0 Å². The van der Waals surface area contributed by atoms with Gasteiger partial charge in [0.05, 0.1) is 4.47 Å². The van der Waals surface area contributed by atoms with Crippen molar-refractivity contribution >= 4 is 15.9 Å². The lowest BCUT2D eigenvalue weighted by molar-refractivity contribution is 0.165. The average molecular weight is 355 g/mol. The molecule has 4 nitrogen and oxygen atoms in total. The fraction of sp³-hybridized carbons (Fsp3) is 0.625. The smallest absolute Gasteiger partial charge is 0.175 e. The van der Waals surface area contributed by atoms with Gasteiger partial charge in [-0.25, -0.2) is 0 Å². The Morgan fingerprint density at radius 3 is 2.71 bits per heavy atom. The van der Waals surface area contributed by atoms with Crippen LogP contribution in [0.2, 0.25) is 0 Å². The van der Waals surface area contributed by atoms with Crippen LogP contribution in [0, 0.1) is 0 Å². The van der Waals surface area contributed by atoms with Crippen molar-refractivity contribution in [2.24, 2.45) is 5.73 Å². The molecule has 0 saturated heterocycles. The van der Waals surface area contributed by atoms with Crippen LogP contribution in [0.3, 0.4) is 0 Å². The number of nitrogens with two attached hydrogens (primary N) is 1. The fourth-order valence-corrected chi connectivity index (χ4v) is 4.00. The minimum Gasteiger partial charge on any atom is -0.486 e. The first-order chi connectivity index (χ1) is 10.2. The van der Waals surface area contributed by atoms with Gasteiger partial charge in [0.2, 0.25) is 0 Å². The van der Waals surface area contributed by atoms with E-state index in [1.165, 1.54) is 31.2 Å². The van der Waals surface area contributed by atoms with Gasteiger partial charge < -0.3 is 15.2 Å². The number of benzene rings is 1. The summed E-state index contributed by atoms with van der Waals surface area (Å²) in [5.41, 5.74) is 7.27. The molecule has 1 fully saturated rings. The summed E-state index contributed by atoms with van der Waals surface area (Å²) < 4.78 is 12.3. The van der Waals surface area contributed by atoms with Crippen molar-refractivity contribution in [3.05, 3.63) is 22.2 Å². The molecule has 1 unspecified atom stereocenters. The number of nitrogens with zero attached hydrogens (tertiary/aromatic N) is 1. The third kappa shape index (κ3) is 3.05. The van der Waals surface area contributed by atoms with E-state index in [4.69, 9.17) is 15.2 Å². The van der Waals surface area contributed by atoms with Crippen LogP contribution in [0.1, 0.15) is 37.3 Å². The molecule has 21 heavy (non-hydrogen) atoms. The monoisotopic (exact) mass is 354 g/mol. The molecule has 1 aromatic rings. The maximum absolute atomic E-state index is 6.07. The highest BCUT2D eigenvalue weighted by Crippen LogP contribution is 2.41. The van der Waals surface area contributed by atoms with Gasteiger partial charge in [0.25, 0.3) is 0 Å². The van der Waals surface area contributed by atoms with Crippen molar-refractivity contribution < 1.29 is 9.47 Å². The first-order valence-electron chi connectivity index (χ1n) is 7.71. The summed E-state index contributed by atoms with van der Waals surface area (Å²) in [7, 11) is 2.19. The maximum Gasteiger partial charge on any atom is 0.175 e. The first-order valence-corrected chi connectivity index (χ1v) is 8.51. The third-order valence-corrected chi connectivity index (χ3v) is 5.21. The average Bonchev–Trinajstić information content (AvgIpc) is 3.02. The van der Waals surface area contributed by atoms with E-state index in [9.17, 15) is 0 Å². The lowest BCUT2D eigenvalue weighted by Crippen LogP contribution is -2.37. The second kappa shape index (κ2) is 6.55. The Bertz CT molecular complexity index is 503. The summed E-state index contributed by atoms with van der Waals surface area (Å²) >= 11 is 3.60. The molecule has 0 aromatic heterocycles. The van der Waals surface area contributed by atoms with Gasteiger partial charge in [-0.1, -0.05) is 12.8 Å². The molecule has 0 spiro atoms. The van der Waals surface area contributed by atoms with E-state index in [0.29, 0.717) is 25.8 Å². The van der Waals surface area contributed by atoms with Crippen LogP contribution in [0.5, 0.6) is 11.5 Å². The van der Waals surface area contributed by atoms with Crippen LogP contribution < -0.4 is 15.2 Å². The van der Waals surface area contributed by atoms with Crippen molar-refractivity contribution in [2.75, 3.05) is 26.8 Å². The molecule has 5 heteroatoms. The highest BCUT2D eigenvalue weighted by atomic mass is 79.9. The van der Waals surface area contributed by atoms with E-state index in [1.54, 1.807) is 0 Å². The van der Waals surface area contributed by atoms with Crippen LogP contribution in [0.15, 0.2) is 16.6 Å². The number of hydrogen-bond donors (Lipinski definition) is 1. The molecular formula is C16H23BrN2O2. The summed E-state index contributed by atoms with van der Waals surface area (Å²) in [6, 6.07) is 5.07. The zero-order valence-electron chi connectivity index (χ0n) is 12.5. The summed E-state index contributed by atoms with van der Waals surface area (Å²) in [5.74, 6) is 1.63. The Labute approximate surface area is 134 Å². The van der Waals surface area contributed by atoms with E-state index in [0.717, 1.165) is 16.0 Å². The van der Waals surface area contributed by atoms with Gasteiger partial charge in [-0.3, -0.25) is 4.90 Å². The molecule has 2 N–H and O–H groups in total. The molecule has 1 aliphatic heterocycles. The zero-order valence-corrected chi connectivity index (χ0v) is 14.1. The van der Waals surface area contributed by atoms with Gasteiger partial charge in [0.1, 0.15) is 13.2 Å². The van der Waals surface area contributed by atoms with Gasteiger partial charge in [-0.15, -0.1) is 0 Å². The fourth-order valence-electron chi connectivity index (χ4n) is 3.43. The molecule has 116 valence electrons. The Hall–Kier alpha value is -0.780. The second-order valence-corrected chi connectivity index (χ2v) is 6.74. The Balaban J connectivity index is 1.88. The van der Waals surface area contributed by atoms with Crippen LogP contribution >= 0.6 is 15.9 Å². The van der Waals surface area contributed by atoms with Gasteiger partial charge >= 0.3 is 0 Å². The molecule has 0 radical (unpaired) electrons. The van der Waals surface area contributed by atoms with E-state index >= 15 is 0 Å². The standard InChI is InChI=1S/C16H23BrN2O2/c1-19(12-4-2-3-5-12)14(10-18)11-8-13(17)16-15(9-11)20-6-7-21-16/h8-9,12,14H,2-7,10,18H2,1H3. The lowest BCUT2D eigenvalue weighted by Gasteiger charge is -2.33. The highest BCUT2D eigenvalue weighted by Gasteiger charge is 2.27. The van der Waals surface area contributed by atoms with E-state index in [2.05, 4.69) is 40.0 Å². The van der Waals surface area contributed by atoms with Crippen LogP contribution in [0.25, 0.3) is 0 Å². The van der Waals surface area contributed by atoms with Crippen molar-refractivity contribution in [2.45, 2.75) is 37.8 Å². The highest BCUT2D eigenvalue weighted by molar-refractivity contribution is 9.10. The first kappa shape index (κ1) is 15.1. The molecule has 2 aliphatic rings. The third-order valence-electron chi connectivity index (χ3n) is 4.62. The lowest BCUT2D eigenvalue weighted by atomic mass is 10.0. The number of ether oxygens (including phenoxy) is 2. The molecular weight excluding hydrogens is 332 g/mol. The van der Waals surface area contributed by atoms with Crippen molar-refractivity contribution in [3.8, 4) is 11.5 Å². The summed E-state index contributed by atoms with van der Waals surface area (Å²) in [5, 5.41) is 0. The number of fused-ring (bicyclic) bond motifs is 1. The Morgan fingerprint density at radius 2 is 2.00 bits per heavy atom. The SMILES string of the molecule is CN(C1CCCC1)C(CN)c1cc(Br)c2c(c1)OCCO2. The van der Waals surface area contributed by atoms with Gasteiger partial charge in [-0.2, -0.15) is 0 Å². The van der Waals surface area contributed by atoms with Crippen molar-refractivity contribution in [3.63, 3.8) is 0 Å². The van der Waals surface area contributed by atoms with Crippen molar-refractivity contribution in [1.29, 1.82) is 0 Å². The Kier molecular flexibility index (Phi) is 4.72. The van der Waals surface area contributed by atoms with Crippen molar-refractivity contribution in [1.82, 2.24) is 4.90 Å². The summed E-state index contributed by atoms with van der Waals surface area (Å²) in [6.45, 7) is 1.82. The minimum absolute atomic E-state index is 0.222. The number of rotatable bonds is 4. The number of halogens is 1. The minimum atomic E-state index is 0.222. The zero-order chi connectivity index (χ0) is 14.8. The molecule has 1 heterocycles. The maximum atomic E-state index is 6.07. The quantitative estimate of drug-likeness (QED) is 0.902. The summed E-state index contributed by atoms with van der Waals surface area (Å²) in [6.07, 6.45) is 5.21. The molecule has 1 atom stereocenters. The summed E-state index contributed by atoms with van der Waals surface area (Å²) in [4.78, 5) is 2.44. The van der Waals surface area contributed by atoms with Gasteiger partial charge in [0, 0.05) is 18.6 Å². The van der Waals surface area contributed by atoms with Crippen LogP contribution in [-0.4, -0.2) is 37.7 Å². The molecule has 1 saturated carbocycles. The largest absolute Gasteiger partial charge is 0.486 e.